The van der Waals surface area contributed by atoms with E-state index in [1.807, 2.05) is 31.2 Å². The molecule has 9 nitrogen and oxygen atoms in total. The van der Waals surface area contributed by atoms with Crippen molar-refractivity contribution in [3.05, 3.63) is 86.9 Å². The van der Waals surface area contributed by atoms with Crippen molar-refractivity contribution in [1.82, 2.24) is 0 Å². The number of anilines is 1. The van der Waals surface area contributed by atoms with E-state index in [4.69, 9.17) is 15.9 Å². The van der Waals surface area contributed by atoms with Crippen LogP contribution in [0.5, 0.6) is 5.75 Å². The van der Waals surface area contributed by atoms with Gasteiger partial charge in [0.15, 0.2) is 5.75 Å². The molecule has 0 saturated carbocycles. The molecule has 196 valence electrons. The first-order valence-corrected chi connectivity index (χ1v) is 12.7. The fourth-order valence-corrected chi connectivity index (χ4v) is 3.66. The fraction of sp³-hybridized carbons (Fsp3) is 0.250. The molecule has 0 aromatic heterocycles. The molecule has 3 rings (SSSR count). The molecule has 0 spiro atoms. The van der Waals surface area contributed by atoms with E-state index in [2.05, 4.69) is 37.0 Å². The van der Waals surface area contributed by atoms with Crippen molar-refractivity contribution in [3.8, 4) is 18.1 Å². The Bertz CT molecular complexity index is 1300. The van der Waals surface area contributed by atoms with Crippen molar-refractivity contribution in [2.45, 2.75) is 19.8 Å². The van der Waals surface area contributed by atoms with Crippen LogP contribution in [0, 0.1) is 22.5 Å². The summed E-state index contributed by atoms with van der Waals surface area (Å²) in [6.07, 6.45) is 6.42. The fourth-order valence-electron chi connectivity index (χ4n) is 3.40. The third-order valence-corrected chi connectivity index (χ3v) is 5.95. The number of carbonyl (C=O) groups is 1. The number of ether oxygens (including phenoxy) is 2. The number of nitrogens with zero attached hydrogens (tertiary/aromatic N) is 4. The van der Waals surface area contributed by atoms with Gasteiger partial charge in [0.25, 0.3) is 5.69 Å². The Morgan fingerprint density at radius 1 is 1.08 bits per heavy atom. The van der Waals surface area contributed by atoms with E-state index in [-0.39, 0.29) is 24.0 Å². The molecular formula is C28H27BrN4O5. The summed E-state index contributed by atoms with van der Waals surface area (Å²) < 4.78 is 12.0. The normalized spacial score (nSPS) is 10.7. The monoisotopic (exact) mass is 578 g/mol. The van der Waals surface area contributed by atoms with Crippen LogP contribution >= 0.6 is 15.9 Å². The van der Waals surface area contributed by atoms with E-state index < -0.39 is 4.92 Å². The highest BCUT2D eigenvalue weighted by atomic mass is 79.9. The summed E-state index contributed by atoms with van der Waals surface area (Å²) in [4.78, 5) is 25.0. The van der Waals surface area contributed by atoms with Gasteiger partial charge in [-0.2, -0.15) is 5.11 Å². The third kappa shape index (κ3) is 8.42. The Balaban J connectivity index is 1.61. The van der Waals surface area contributed by atoms with Crippen LogP contribution in [-0.2, 0) is 4.74 Å². The van der Waals surface area contributed by atoms with Gasteiger partial charge in [0.2, 0.25) is 0 Å². The summed E-state index contributed by atoms with van der Waals surface area (Å²) in [6.45, 7) is 3.83. The van der Waals surface area contributed by atoms with Gasteiger partial charge >= 0.3 is 5.97 Å². The highest BCUT2D eigenvalue weighted by Crippen LogP contribution is 2.33. The number of terminal acetylenes is 1. The molecule has 0 heterocycles. The number of nitro groups is 1. The second-order valence-electron chi connectivity index (χ2n) is 8.00. The predicted octanol–water partition coefficient (Wildman–Crippen LogP) is 7.25. The van der Waals surface area contributed by atoms with Crippen molar-refractivity contribution < 1.29 is 19.2 Å². The first kappa shape index (κ1) is 28.3. The summed E-state index contributed by atoms with van der Waals surface area (Å²) in [5.74, 6) is 2.43. The van der Waals surface area contributed by atoms with Crippen molar-refractivity contribution in [2.75, 3.05) is 31.2 Å². The van der Waals surface area contributed by atoms with Crippen LogP contribution in [0.15, 0.2) is 81.4 Å². The van der Waals surface area contributed by atoms with E-state index in [9.17, 15) is 14.9 Å². The van der Waals surface area contributed by atoms with Crippen molar-refractivity contribution >= 4 is 44.6 Å². The molecule has 0 aliphatic carbocycles. The largest absolute Gasteiger partial charge is 0.491 e. The number of hydrogen-bond acceptors (Lipinski definition) is 8. The lowest BCUT2D eigenvalue weighted by Gasteiger charge is -2.23. The number of likely N-dealkylation sites (N-methyl/N-ethyl adjacent to an activating group) is 1. The van der Waals surface area contributed by atoms with Gasteiger partial charge in [0.05, 0.1) is 35.4 Å². The average molecular weight is 579 g/mol. The number of esters is 1. The van der Waals surface area contributed by atoms with Gasteiger partial charge in [-0.05, 0) is 67.9 Å². The first-order chi connectivity index (χ1) is 18.4. The number of nitro benzene ring substituents is 1. The van der Waals surface area contributed by atoms with Gasteiger partial charge in [-0.15, -0.1) is 17.5 Å². The maximum Gasteiger partial charge on any atom is 0.338 e. The van der Waals surface area contributed by atoms with E-state index in [1.54, 1.807) is 24.3 Å². The Labute approximate surface area is 229 Å². The van der Waals surface area contributed by atoms with Gasteiger partial charge < -0.3 is 14.4 Å². The van der Waals surface area contributed by atoms with Crippen LogP contribution in [0.4, 0.5) is 22.7 Å². The zero-order valence-electron chi connectivity index (χ0n) is 20.9. The molecule has 0 aliphatic rings. The zero-order valence-corrected chi connectivity index (χ0v) is 22.5. The summed E-state index contributed by atoms with van der Waals surface area (Å²) in [7, 11) is 0. The van der Waals surface area contributed by atoms with Crippen LogP contribution in [0.3, 0.4) is 0 Å². The van der Waals surface area contributed by atoms with Gasteiger partial charge in [-0.3, -0.25) is 10.1 Å². The van der Waals surface area contributed by atoms with Gasteiger partial charge in [-0.1, -0.05) is 15.9 Å². The van der Waals surface area contributed by atoms with Crippen LogP contribution in [0.25, 0.3) is 0 Å². The molecule has 0 atom stereocenters. The van der Waals surface area contributed by atoms with Crippen molar-refractivity contribution in [3.63, 3.8) is 0 Å². The molecule has 0 fully saturated rings. The SMILES string of the molecule is C#CCCCOc1cc([N+](=O)[O-])ccc1N=Nc1ccc(N(CC)CCOC(=O)c2ccc(Br)cc2)cc1. The van der Waals surface area contributed by atoms with Gasteiger partial charge in [0.1, 0.15) is 12.3 Å². The minimum Gasteiger partial charge on any atom is -0.491 e. The molecule has 0 amide bonds. The summed E-state index contributed by atoms with van der Waals surface area (Å²) >= 11 is 3.35. The Kier molecular flexibility index (Phi) is 10.8. The first-order valence-electron chi connectivity index (χ1n) is 12.0. The topological polar surface area (TPSA) is 107 Å². The Hall–Kier alpha value is -4.23. The number of benzene rings is 3. The molecule has 0 aliphatic heterocycles. The number of carbonyl (C=O) groups excluding carboxylic acids is 1. The maximum absolute atomic E-state index is 12.2. The van der Waals surface area contributed by atoms with Crippen LogP contribution in [0.2, 0.25) is 0 Å². The molecule has 0 N–H and O–H groups in total. The van der Waals surface area contributed by atoms with E-state index in [0.29, 0.717) is 42.9 Å². The number of hydrogen-bond donors (Lipinski definition) is 0. The Morgan fingerprint density at radius 3 is 2.47 bits per heavy atom. The predicted molar refractivity (Wildman–Crippen MR) is 150 cm³/mol. The third-order valence-electron chi connectivity index (χ3n) is 5.42. The summed E-state index contributed by atoms with van der Waals surface area (Å²) in [5, 5.41) is 19.6. The van der Waals surface area contributed by atoms with Gasteiger partial charge in [0, 0.05) is 29.2 Å². The smallest absolute Gasteiger partial charge is 0.338 e. The quantitative estimate of drug-likeness (QED) is 0.0528. The highest BCUT2D eigenvalue weighted by molar-refractivity contribution is 9.10. The zero-order chi connectivity index (χ0) is 27.3. The van der Waals surface area contributed by atoms with Crippen LogP contribution in [0.1, 0.15) is 30.1 Å². The Morgan fingerprint density at radius 2 is 1.82 bits per heavy atom. The minimum atomic E-state index is -0.491. The summed E-state index contributed by atoms with van der Waals surface area (Å²) in [5.41, 5.74) is 2.33. The molecule has 0 saturated heterocycles. The van der Waals surface area contributed by atoms with E-state index >= 15 is 0 Å². The van der Waals surface area contributed by atoms with Gasteiger partial charge in [-0.25, -0.2) is 4.79 Å². The number of non-ortho nitro benzene ring substituents is 1. The second-order valence-corrected chi connectivity index (χ2v) is 8.92. The summed E-state index contributed by atoms with van der Waals surface area (Å²) in [6, 6.07) is 18.6. The number of azo groups is 1. The second kappa shape index (κ2) is 14.5. The standard InChI is InChI=1S/C28H27BrN4O5/c1-3-5-6-18-37-27-20-25(33(35)36)15-16-26(27)31-30-23-11-13-24(14-12-23)32(4-2)17-19-38-28(34)21-7-9-22(29)10-8-21/h1,7-16,20H,4-6,17-19H2,2H3. The van der Waals surface area contributed by atoms with Crippen molar-refractivity contribution in [2.24, 2.45) is 10.2 Å². The molecule has 3 aromatic carbocycles. The molecule has 0 bridgehead atoms. The highest BCUT2D eigenvalue weighted by Gasteiger charge is 2.13. The average Bonchev–Trinajstić information content (AvgIpc) is 2.93. The van der Waals surface area contributed by atoms with E-state index in [0.717, 1.165) is 16.7 Å². The molecule has 38 heavy (non-hydrogen) atoms. The molecule has 0 radical (unpaired) electrons. The number of halogens is 1. The van der Waals surface area contributed by atoms with E-state index in [1.165, 1.54) is 18.2 Å². The molecule has 0 unspecified atom stereocenters. The molecule has 10 heteroatoms. The lowest BCUT2D eigenvalue weighted by molar-refractivity contribution is -0.384. The van der Waals surface area contributed by atoms with Crippen molar-refractivity contribution in [1.29, 1.82) is 0 Å². The maximum atomic E-state index is 12.2. The lowest BCUT2D eigenvalue weighted by atomic mass is 10.2. The van der Waals surface area contributed by atoms with Crippen LogP contribution < -0.4 is 9.64 Å². The number of rotatable bonds is 13. The minimum absolute atomic E-state index is 0.0950. The molecular weight excluding hydrogens is 552 g/mol. The number of unbranched alkanes of at least 4 members (excludes halogenated alkanes) is 1. The lowest BCUT2D eigenvalue weighted by Crippen LogP contribution is -2.27. The molecule has 3 aromatic rings. The van der Waals surface area contributed by atoms with Crippen LogP contribution in [-0.4, -0.2) is 37.2 Å².